The van der Waals surface area contributed by atoms with Crippen molar-refractivity contribution in [3.8, 4) is 0 Å². The molecule has 1 aliphatic carbocycles. The number of carbonyl (C=O) groups is 4. The molecule has 0 bridgehead atoms. The van der Waals surface area contributed by atoms with Gasteiger partial charge in [0.2, 0.25) is 29.0 Å². The standard InChI is InChI=1S/C27H17F2NO5/c1-13-6-8-14(9-7-13)22-20-21(26(34)30(25(20)33)19-11-10-15(28)12-18(19)29)27(35-22)23(31)16-4-2-3-5-17(16)24(27)32/h2-12,20-22H,1H3/t20-,21+,22-/m0/s1. The van der Waals surface area contributed by atoms with Crippen molar-refractivity contribution in [2.24, 2.45) is 11.8 Å². The van der Waals surface area contributed by atoms with Crippen LogP contribution in [-0.4, -0.2) is 29.0 Å². The largest absolute Gasteiger partial charge is 0.349 e. The fourth-order valence-electron chi connectivity index (χ4n) is 5.47. The van der Waals surface area contributed by atoms with Gasteiger partial charge in [0.15, 0.2) is 0 Å². The molecule has 0 radical (unpaired) electrons. The van der Waals surface area contributed by atoms with Crippen LogP contribution in [0.3, 0.4) is 0 Å². The van der Waals surface area contributed by atoms with E-state index in [1.807, 2.05) is 6.92 Å². The lowest BCUT2D eigenvalue weighted by atomic mass is 9.77. The molecular weight excluding hydrogens is 456 g/mol. The van der Waals surface area contributed by atoms with Crippen molar-refractivity contribution in [1.29, 1.82) is 0 Å². The van der Waals surface area contributed by atoms with Crippen LogP contribution in [0.5, 0.6) is 0 Å². The Kier molecular flexibility index (Phi) is 4.44. The quantitative estimate of drug-likeness (QED) is 0.416. The van der Waals surface area contributed by atoms with Crippen molar-refractivity contribution in [2.45, 2.75) is 18.6 Å². The van der Waals surface area contributed by atoms with Crippen LogP contribution in [0.1, 0.15) is 37.9 Å². The van der Waals surface area contributed by atoms with Gasteiger partial charge in [0, 0.05) is 17.2 Å². The molecule has 0 N–H and O–H groups in total. The van der Waals surface area contributed by atoms with E-state index < -0.39 is 64.2 Å². The highest BCUT2D eigenvalue weighted by Gasteiger charge is 2.74. The van der Waals surface area contributed by atoms with Crippen molar-refractivity contribution in [1.82, 2.24) is 0 Å². The molecule has 2 heterocycles. The fourth-order valence-corrected chi connectivity index (χ4v) is 5.47. The number of hydrogen-bond donors (Lipinski definition) is 0. The number of nitrogens with zero attached hydrogens (tertiary/aromatic N) is 1. The van der Waals surface area contributed by atoms with Crippen LogP contribution in [0.4, 0.5) is 14.5 Å². The molecule has 0 saturated carbocycles. The van der Waals surface area contributed by atoms with Crippen molar-refractivity contribution in [3.63, 3.8) is 0 Å². The second-order valence-corrected chi connectivity index (χ2v) is 9.00. The van der Waals surface area contributed by atoms with Gasteiger partial charge in [-0.15, -0.1) is 0 Å². The van der Waals surface area contributed by atoms with Crippen molar-refractivity contribution >= 4 is 29.1 Å². The van der Waals surface area contributed by atoms with Crippen LogP contribution in [0, 0.1) is 30.4 Å². The second kappa shape index (κ2) is 7.23. The predicted octanol–water partition coefficient (Wildman–Crippen LogP) is 3.97. The summed E-state index contributed by atoms with van der Waals surface area (Å²) in [5.41, 5.74) is -1.05. The maximum atomic E-state index is 14.7. The van der Waals surface area contributed by atoms with E-state index >= 15 is 0 Å². The Labute approximate surface area is 198 Å². The molecule has 6 rings (SSSR count). The summed E-state index contributed by atoms with van der Waals surface area (Å²) in [7, 11) is 0. The van der Waals surface area contributed by atoms with Crippen LogP contribution in [0.25, 0.3) is 0 Å². The summed E-state index contributed by atoms with van der Waals surface area (Å²) in [6, 6.07) is 15.6. The normalized spacial score (nSPS) is 24.4. The van der Waals surface area contributed by atoms with Crippen molar-refractivity contribution in [3.05, 3.63) is 101 Å². The van der Waals surface area contributed by atoms with Crippen LogP contribution < -0.4 is 4.90 Å². The van der Waals surface area contributed by atoms with Crippen LogP contribution >= 0.6 is 0 Å². The number of imide groups is 1. The average molecular weight is 473 g/mol. The Morgan fingerprint density at radius 3 is 2.06 bits per heavy atom. The number of ketones is 2. The molecule has 2 amide bonds. The Bertz CT molecular complexity index is 1430. The van der Waals surface area contributed by atoms with E-state index in [1.165, 1.54) is 12.1 Å². The number of amides is 2. The molecule has 2 aliphatic heterocycles. The summed E-state index contributed by atoms with van der Waals surface area (Å²) in [6.07, 6.45) is -1.10. The number of Topliss-reactive ketones (excluding diaryl/α,β-unsaturated/α-hetero) is 2. The number of ether oxygens (including phenoxy) is 1. The van der Waals surface area contributed by atoms with Gasteiger partial charge in [0.05, 0.1) is 23.6 Å². The molecule has 3 aromatic carbocycles. The third kappa shape index (κ3) is 2.71. The van der Waals surface area contributed by atoms with Crippen molar-refractivity contribution < 1.29 is 32.7 Å². The van der Waals surface area contributed by atoms with Crippen LogP contribution in [0.2, 0.25) is 0 Å². The average Bonchev–Trinajstić information content (AvgIpc) is 3.40. The molecule has 1 spiro atoms. The highest BCUT2D eigenvalue weighted by atomic mass is 19.1. The Hall–Kier alpha value is -4.04. The Balaban J connectivity index is 1.55. The Morgan fingerprint density at radius 1 is 0.829 bits per heavy atom. The molecule has 3 aromatic rings. The molecule has 0 aromatic heterocycles. The minimum atomic E-state index is -2.25. The summed E-state index contributed by atoms with van der Waals surface area (Å²) < 4.78 is 34.4. The minimum absolute atomic E-state index is 0.104. The van der Waals surface area contributed by atoms with Gasteiger partial charge in [0.1, 0.15) is 11.6 Å². The summed E-state index contributed by atoms with van der Waals surface area (Å²) >= 11 is 0. The van der Waals surface area contributed by atoms with E-state index in [-0.39, 0.29) is 11.1 Å². The maximum absolute atomic E-state index is 14.7. The first-order valence-electron chi connectivity index (χ1n) is 11.0. The first-order chi connectivity index (χ1) is 16.8. The third-order valence-corrected chi connectivity index (χ3v) is 7.08. The Morgan fingerprint density at radius 2 is 1.46 bits per heavy atom. The van der Waals surface area contributed by atoms with E-state index in [0.717, 1.165) is 17.7 Å². The molecule has 0 unspecified atom stereocenters. The topological polar surface area (TPSA) is 80.8 Å². The molecule has 35 heavy (non-hydrogen) atoms. The predicted molar refractivity (Wildman–Crippen MR) is 119 cm³/mol. The molecule has 3 aliphatic rings. The van der Waals surface area contributed by atoms with E-state index in [1.54, 1.807) is 36.4 Å². The summed E-state index contributed by atoms with van der Waals surface area (Å²) in [4.78, 5) is 55.3. The number of benzene rings is 3. The molecule has 174 valence electrons. The van der Waals surface area contributed by atoms with Gasteiger partial charge < -0.3 is 4.74 Å². The van der Waals surface area contributed by atoms with Gasteiger partial charge in [-0.2, -0.15) is 0 Å². The lowest BCUT2D eigenvalue weighted by Gasteiger charge is -2.27. The van der Waals surface area contributed by atoms with E-state index in [4.69, 9.17) is 4.74 Å². The maximum Gasteiger partial charge on any atom is 0.241 e. The van der Waals surface area contributed by atoms with Crippen LogP contribution in [0.15, 0.2) is 66.7 Å². The minimum Gasteiger partial charge on any atom is -0.349 e. The monoisotopic (exact) mass is 473 g/mol. The van der Waals surface area contributed by atoms with Crippen molar-refractivity contribution in [2.75, 3.05) is 4.90 Å². The summed E-state index contributed by atoms with van der Waals surface area (Å²) in [6.45, 7) is 1.87. The first-order valence-corrected chi connectivity index (χ1v) is 11.0. The van der Waals surface area contributed by atoms with E-state index in [2.05, 4.69) is 0 Å². The summed E-state index contributed by atoms with van der Waals surface area (Å²) in [5, 5.41) is 0. The van der Waals surface area contributed by atoms with Gasteiger partial charge in [-0.05, 0) is 24.6 Å². The molecule has 3 atom stereocenters. The van der Waals surface area contributed by atoms with Gasteiger partial charge in [0.25, 0.3) is 0 Å². The molecule has 6 nitrogen and oxygen atoms in total. The lowest BCUT2D eigenvalue weighted by Crippen LogP contribution is -2.51. The van der Waals surface area contributed by atoms with Gasteiger partial charge >= 0.3 is 0 Å². The number of rotatable bonds is 2. The zero-order chi connectivity index (χ0) is 24.6. The smallest absolute Gasteiger partial charge is 0.241 e. The van der Waals surface area contributed by atoms with E-state index in [9.17, 15) is 28.0 Å². The number of carbonyl (C=O) groups excluding carboxylic acids is 4. The molecule has 8 heteroatoms. The number of fused-ring (bicyclic) bond motifs is 3. The van der Waals surface area contributed by atoms with Gasteiger partial charge in [-0.3, -0.25) is 19.2 Å². The van der Waals surface area contributed by atoms with Gasteiger partial charge in [-0.25, -0.2) is 13.7 Å². The number of hydrogen-bond acceptors (Lipinski definition) is 5. The summed E-state index contributed by atoms with van der Waals surface area (Å²) in [5.74, 6) is -7.90. The third-order valence-electron chi connectivity index (χ3n) is 7.08. The highest BCUT2D eigenvalue weighted by molar-refractivity contribution is 6.37. The molecule has 2 fully saturated rings. The number of halogens is 2. The second-order valence-electron chi connectivity index (χ2n) is 9.00. The fraction of sp³-hybridized carbons (Fsp3) is 0.185. The molecular formula is C27H17F2NO5. The number of anilines is 1. The SMILES string of the molecule is Cc1ccc([C@@H]2OC3(C(=O)c4ccccc4C3=O)[C@H]3C(=O)N(c4ccc(F)cc4F)C(=O)[C@H]23)cc1. The van der Waals surface area contributed by atoms with Gasteiger partial charge in [-0.1, -0.05) is 54.1 Å². The van der Waals surface area contributed by atoms with Crippen LogP contribution in [-0.2, 0) is 14.3 Å². The lowest BCUT2D eigenvalue weighted by molar-refractivity contribution is -0.127. The zero-order valence-electron chi connectivity index (χ0n) is 18.3. The van der Waals surface area contributed by atoms with E-state index in [0.29, 0.717) is 16.5 Å². The highest BCUT2D eigenvalue weighted by Crippen LogP contribution is 2.57. The first kappa shape index (κ1) is 21.5. The molecule has 2 saturated heterocycles. The number of aryl methyl sites for hydroxylation is 1. The zero-order valence-corrected chi connectivity index (χ0v) is 18.3.